The van der Waals surface area contributed by atoms with Crippen LogP contribution in [0.1, 0.15) is 25.0 Å². The van der Waals surface area contributed by atoms with Crippen LogP contribution in [0.5, 0.6) is 0 Å². The fourth-order valence-corrected chi connectivity index (χ4v) is 2.21. The number of thiocarbonyl (C=S) groups is 1. The zero-order valence-corrected chi connectivity index (χ0v) is 13.9. The molecule has 3 nitrogen and oxygen atoms in total. The zero-order valence-electron chi connectivity index (χ0n) is 13.1. The van der Waals surface area contributed by atoms with Crippen LogP contribution in [0.25, 0.3) is 0 Å². The van der Waals surface area contributed by atoms with Gasteiger partial charge in [-0.3, -0.25) is 5.43 Å². The van der Waals surface area contributed by atoms with Crippen molar-refractivity contribution in [2.75, 3.05) is 5.32 Å². The van der Waals surface area contributed by atoms with Crippen molar-refractivity contribution < 1.29 is 0 Å². The molecule has 0 radical (unpaired) electrons. The van der Waals surface area contributed by atoms with Gasteiger partial charge in [-0.05, 0) is 42.8 Å². The molecule has 0 fully saturated rings. The molecule has 0 aliphatic carbocycles. The van der Waals surface area contributed by atoms with Crippen LogP contribution in [-0.2, 0) is 0 Å². The van der Waals surface area contributed by atoms with Gasteiger partial charge in [-0.1, -0.05) is 61.9 Å². The van der Waals surface area contributed by atoms with E-state index in [2.05, 4.69) is 48.7 Å². The molecule has 0 saturated heterocycles. The molecule has 2 rings (SSSR count). The minimum atomic E-state index is 0.303. The first-order chi connectivity index (χ1) is 10.6. The smallest absolute Gasteiger partial charge is 0.191 e. The number of rotatable bonds is 4. The third kappa shape index (κ3) is 4.67. The molecule has 114 valence electrons. The fourth-order valence-electron chi connectivity index (χ4n) is 2.04. The topological polar surface area (TPSA) is 36.4 Å². The summed E-state index contributed by atoms with van der Waals surface area (Å²) < 4.78 is 0. The molecule has 0 spiro atoms. The van der Waals surface area contributed by atoms with Gasteiger partial charge in [0, 0.05) is 5.69 Å². The summed E-state index contributed by atoms with van der Waals surface area (Å²) in [5.74, 6) is 0.303. The second kappa shape index (κ2) is 7.71. The van der Waals surface area contributed by atoms with Crippen LogP contribution < -0.4 is 10.7 Å². The number of nitrogens with one attached hydrogen (secondary N) is 2. The van der Waals surface area contributed by atoms with E-state index in [4.69, 9.17) is 12.2 Å². The van der Waals surface area contributed by atoms with E-state index >= 15 is 0 Å². The standard InChI is InChI=1S/C18H21N3S/c1-13(2)17(15-7-5-4-6-8-15)20-21-18(22)19-16-11-9-14(3)10-12-16/h4-13H,1-3H3,(H2,19,21,22)/b20-17+. The molecule has 4 heteroatoms. The average Bonchev–Trinajstić information content (AvgIpc) is 2.50. The highest BCUT2D eigenvalue weighted by molar-refractivity contribution is 7.80. The van der Waals surface area contributed by atoms with Gasteiger partial charge in [0.05, 0.1) is 5.71 Å². The molecular weight excluding hydrogens is 290 g/mol. The Bertz CT molecular complexity index is 646. The van der Waals surface area contributed by atoms with E-state index in [9.17, 15) is 0 Å². The Kier molecular flexibility index (Phi) is 5.67. The van der Waals surface area contributed by atoms with Crippen LogP contribution in [0.4, 0.5) is 5.69 Å². The number of hydrogen-bond donors (Lipinski definition) is 2. The summed E-state index contributed by atoms with van der Waals surface area (Å²) in [7, 11) is 0. The summed E-state index contributed by atoms with van der Waals surface area (Å²) in [6.45, 7) is 6.29. The second-order valence-corrected chi connectivity index (χ2v) is 5.86. The predicted molar refractivity (Wildman–Crippen MR) is 98.4 cm³/mol. The maximum Gasteiger partial charge on any atom is 0.191 e. The number of hydrazone groups is 1. The largest absolute Gasteiger partial charge is 0.331 e. The van der Waals surface area contributed by atoms with Crippen LogP contribution in [0.3, 0.4) is 0 Å². The second-order valence-electron chi connectivity index (χ2n) is 5.45. The third-order valence-electron chi connectivity index (χ3n) is 3.20. The molecule has 22 heavy (non-hydrogen) atoms. The van der Waals surface area contributed by atoms with Crippen LogP contribution in [0.2, 0.25) is 0 Å². The Balaban J connectivity index is 2.04. The Morgan fingerprint density at radius 3 is 2.23 bits per heavy atom. The highest BCUT2D eigenvalue weighted by Gasteiger charge is 2.08. The summed E-state index contributed by atoms with van der Waals surface area (Å²) in [6, 6.07) is 18.2. The van der Waals surface area contributed by atoms with E-state index in [1.54, 1.807) is 0 Å². The summed E-state index contributed by atoms with van der Waals surface area (Å²) in [5, 5.41) is 8.08. The first-order valence-electron chi connectivity index (χ1n) is 7.33. The van der Waals surface area contributed by atoms with E-state index in [0.29, 0.717) is 11.0 Å². The molecule has 0 heterocycles. The molecule has 0 aliphatic heterocycles. The van der Waals surface area contributed by atoms with Gasteiger partial charge in [-0.15, -0.1) is 0 Å². The Hall–Kier alpha value is -2.20. The summed E-state index contributed by atoms with van der Waals surface area (Å²) in [4.78, 5) is 0. The molecule has 2 N–H and O–H groups in total. The summed E-state index contributed by atoms with van der Waals surface area (Å²) in [5.41, 5.74) is 7.18. The molecule has 2 aromatic rings. The van der Waals surface area contributed by atoms with Gasteiger partial charge in [0.2, 0.25) is 0 Å². The Morgan fingerprint density at radius 1 is 1.00 bits per heavy atom. The van der Waals surface area contributed by atoms with Crippen molar-refractivity contribution in [3.63, 3.8) is 0 Å². The minimum Gasteiger partial charge on any atom is -0.331 e. The number of aryl methyl sites for hydroxylation is 1. The molecule has 0 unspecified atom stereocenters. The lowest BCUT2D eigenvalue weighted by Gasteiger charge is -2.12. The van der Waals surface area contributed by atoms with E-state index in [-0.39, 0.29) is 0 Å². The van der Waals surface area contributed by atoms with Crippen molar-refractivity contribution in [3.8, 4) is 0 Å². The molecule has 0 amide bonds. The molecule has 0 saturated carbocycles. The van der Waals surface area contributed by atoms with Gasteiger partial charge in [-0.2, -0.15) is 5.10 Å². The van der Waals surface area contributed by atoms with E-state index in [1.807, 2.05) is 42.5 Å². The van der Waals surface area contributed by atoms with Crippen molar-refractivity contribution in [2.24, 2.45) is 11.0 Å². The Morgan fingerprint density at radius 2 is 1.64 bits per heavy atom. The van der Waals surface area contributed by atoms with Gasteiger partial charge in [0.1, 0.15) is 0 Å². The van der Waals surface area contributed by atoms with Crippen LogP contribution >= 0.6 is 12.2 Å². The van der Waals surface area contributed by atoms with Gasteiger partial charge < -0.3 is 5.32 Å². The van der Waals surface area contributed by atoms with E-state index in [1.165, 1.54) is 5.56 Å². The molecule has 2 aromatic carbocycles. The minimum absolute atomic E-state index is 0.303. The molecule has 0 aliphatic rings. The highest BCUT2D eigenvalue weighted by atomic mass is 32.1. The number of hydrogen-bond acceptors (Lipinski definition) is 2. The van der Waals surface area contributed by atoms with Crippen LogP contribution in [0, 0.1) is 12.8 Å². The average molecular weight is 311 g/mol. The first kappa shape index (κ1) is 16.2. The molecule has 0 aromatic heterocycles. The zero-order chi connectivity index (χ0) is 15.9. The SMILES string of the molecule is Cc1ccc(NC(=S)N/N=C(/c2ccccc2)C(C)C)cc1. The summed E-state index contributed by atoms with van der Waals surface area (Å²) >= 11 is 5.29. The van der Waals surface area contributed by atoms with E-state index < -0.39 is 0 Å². The summed E-state index contributed by atoms with van der Waals surface area (Å²) in [6.07, 6.45) is 0. The van der Waals surface area contributed by atoms with Crippen molar-refractivity contribution in [1.29, 1.82) is 0 Å². The maximum atomic E-state index is 5.29. The maximum absolute atomic E-state index is 5.29. The first-order valence-corrected chi connectivity index (χ1v) is 7.74. The number of benzene rings is 2. The van der Waals surface area contributed by atoms with Gasteiger partial charge in [0.15, 0.2) is 5.11 Å². The normalized spacial score (nSPS) is 11.4. The number of nitrogens with zero attached hydrogens (tertiary/aromatic N) is 1. The van der Waals surface area contributed by atoms with Gasteiger partial charge in [-0.25, -0.2) is 0 Å². The van der Waals surface area contributed by atoms with Crippen molar-refractivity contribution in [1.82, 2.24) is 5.43 Å². The van der Waals surface area contributed by atoms with Gasteiger partial charge in [0.25, 0.3) is 0 Å². The lowest BCUT2D eigenvalue weighted by Crippen LogP contribution is -2.26. The van der Waals surface area contributed by atoms with Crippen LogP contribution in [0.15, 0.2) is 59.7 Å². The van der Waals surface area contributed by atoms with Crippen molar-refractivity contribution in [3.05, 3.63) is 65.7 Å². The third-order valence-corrected chi connectivity index (χ3v) is 3.40. The number of anilines is 1. The highest BCUT2D eigenvalue weighted by Crippen LogP contribution is 2.10. The molecule has 0 atom stereocenters. The van der Waals surface area contributed by atoms with E-state index in [0.717, 1.165) is 17.0 Å². The lowest BCUT2D eigenvalue weighted by atomic mass is 10.0. The fraction of sp³-hybridized carbons (Fsp3) is 0.222. The monoisotopic (exact) mass is 311 g/mol. The molecular formula is C18H21N3S. The van der Waals surface area contributed by atoms with Crippen molar-refractivity contribution >= 4 is 28.7 Å². The predicted octanol–water partition coefficient (Wildman–Crippen LogP) is 4.34. The Labute approximate surface area is 137 Å². The quantitative estimate of drug-likeness (QED) is 0.501. The van der Waals surface area contributed by atoms with Crippen LogP contribution in [-0.4, -0.2) is 10.8 Å². The van der Waals surface area contributed by atoms with Crippen molar-refractivity contribution in [2.45, 2.75) is 20.8 Å². The van der Waals surface area contributed by atoms with Gasteiger partial charge >= 0.3 is 0 Å². The molecule has 0 bridgehead atoms. The lowest BCUT2D eigenvalue weighted by molar-refractivity contribution is 0.861.